The number of phenols is 1. The van der Waals surface area contributed by atoms with Crippen molar-refractivity contribution < 1.29 is 22.8 Å². The van der Waals surface area contributed by atoms with E-state index < -0.39 is 15.9 Å². The second-order valence-corrected chi connectivity index (χ2v) is 8.68. The molecule has 158 valence electrons. The van der Waals surface area contributed by atoms with Crippen LogP contribution >= 0.6 is 11.6 Å². The summed E-state index contributed by atoms with van der Waals surface area (Å²) in [5.41, 5.74) is 0.599. The van der Waals surface area contributed by atoms with E-state index in [0.717, 1.165) is 0 Å². The van der Waals surface area contributed by atoms with Crippen molar-refractivity contribution in [1.29, 1.82) is 0 Å². The fourth-order valence-electron chi connectivity index (χ4n) is 2.81. The van der Waals surface area contributed by atoms with Crippen molar-refractivity contribution in [2.24, 2.45) is 0 Å². The van der Waals surface area contributed by atoms with Gasteiger partial charge in [0, 0.05) is 29.7 Å². The number of anilines is 1. The van der Waals surface area contributed by atoms with Gasteiger partial charge in [-0.3, -0.25) is 4.79 Å². The van der Waals surface area contributed by atoms with E-state index in [1.54, 1.807) is 38.1 Å². The molecule has 0 aliphatic carbocycles. The number of nitrogens with zero attached hydrogens (tertiary/aromatic N) is 2. The number of halogens is 1. The van der Waals surface area contributed by atoms with Crippen LogP contribution in [0, 0.1) is 0 Å². The number of hydrogen-bond acceptors (Lipinski definition) is 6. The number of hydrogen-bond donors (Lipinski definition) is 2. The maximum absolute atomic E-state index is 12.7. The van der Waals surface area contributed by atoms with Gasteiger partial charge in [0.25, 0.3) is 5.91 Å². The van der Waals surface area contributed by atoms with Gasteiger partial charge in [-0.2, -0.15) is 4.31 Å². The molecular weight excluding hydrogens is 430 g/mol. The lowest BCUT2D eigenvalue weighted by molar-refractivity contribution is 0.101. The predicted octanol–water partition coefficient (Wildman–Crippen LogP) is 3.98. The van der Waals surface area contributed by atoms with Crippen LogP contribution in [-0.2, 0) is 10.0 Å². The molecular formula is C20H20ClN3O5S. The van der Waals surface area contributed by atoms with E-state index in [0.29, 0.717) is 29.4 Å². The summed E-state index contributed by atoms with van der Waals surface area (Å²) < 4.78 is 31.9. The predicted molar refractivity (Wildman–Crippen MR) is 113 cm³/mol. The van der Waals surface area contributed by atoms with Gasteiger partial charge in [0.15, 0.2) is 11.5 Å². The van der Waals surface area contributed by atoms with E-state index in [1.165, 1.54) is 28.6 Å². The van der Waals surface area contributed by atoms with Gasteiger partial charge in [0.05, 0.1) is 10.6 Å². The van der Waals surface area contributed by atoms with Crippen LogP contribution in [0.25, 0.3) is 11.3 Å². The molecule has 10 heteroatoms. The fourth-order valence-corrected chi connectivity index (χ4v) is 4.42. The molecule has 2 aromatic carbocycles. The van der Waals surface area contributed by atoms with E-state index >= 15 is 0 Å². The molecule has 0 saturated carbocycles. The molecule has 0 aliphatic rings. The lowest BCUT2D eigenvalue weighted by atomic mass is 10.1. The van der Waals surface area contributed by atoms with Crippen LogP contribution in [0.2, 0.25) is 5.02 Å². The minimum absolute atomic E-state index is 0.0312. The van der Waals surface area contributed by atoms with Crippen LogP contribution in [0.3, 0.4) is 0 Å². The van der Waals surface area contributed by atoms with Crippen molar-refractivity contribution in [3.63, 3.8) is 0 Å². The molecule has 8 nitrogen and oxygen atoms in total. The Morgan fingerprint density at radius 3 is 2.43 bits per heavy atom. The summed E-state index contributed by atoms with van der Waals surface area (Å²) in [6.07, 6.45) is 0. The monoisotopic (exact) mass is 449 g/mol. The molecule has 3 aromatic rings. The molecule has 1 amide bonds. The third kappa shape index (κ3) is 4.48. The molecule has 2 N–H and O–H groups in total. The molecule has 0 atom stereocenters. The number of sulfonamides is 1. The minimum Gasteiger partial charge on any atom is -0.506 e. The molecule has 30 heavy (non-hydrogen) atoms. The minimum atomic E-state index is -3.75. The lowest BCUT2D eigenvalue weighted by Gasteiger charge is -2.19. The number of nitrogens with one attached hydrogen (secondary N) is 1. The average molecular weight is 450 g/mol. The normalized spacial score (nSPS) is 11.6. The second-order valence-electron chi connectivity index (χ2n) is 6.31. The van der Waals surface area contributed by atoms with Crippen molar-refractivity contribution in [2.75, 3.05) is 18.4 Å². The molecule has 0 unspecified atom stereocenters. The molecule has 3 rings (SSSR count). The molecule has 0 spiro atoms. The number of carbonyl (C=O) groups excluding carboxylic acids is 1. The quantitative estimate of drug-likeness (QED) is 0.527. The molecule has 0 aliphatic heterocycles. The Morgan fingerprint density at radius 1 is 1.13 bits per heavy atom. The van der Waals surface area contributed by atoms with E-state index in [2.05, 4.69) is 10.5 Å². The molecule has 1 heterocycles. The van der Waals surface area contributed by atoms with Crippen LogP contribution in [0.15, 0.2) is 57.9 Å². The summed E-state index contributed by atoms with van der Waals surface area (Å²) in [4.78, 5) is 12.5. The Labute approximate surface area is 179 Å². The highest BCUT2D eigenvalue weighted by Gasteiger charge is 2.23. The van der Waals surface area contributed by atoms with Gasteiger partial charge in [-0.25, -0.2) is 8.42 Å². The number of benzene rings is 2. The summed E-state index contributed by atoms with van der Waals surface area (Å²) in [7, 11) is -3.75. The van der Waals surface area contributed by atoms with E-state index in [-0.39, 0.29) is 22.0 Å². The summed E-state index contributed by atoms with van der Waals surface area (Å²) in [5.74, 6) is -0.575. The summed E-state index contributed by atoms with van der Waals surface area (Å²) in [6, 6.07) is 11.9. The van der Waals surface area contributed by atoms with Crippen molar-refractivity contribution in [2.45, 2.75) is 18.7 Å². The number of rotatable bonds is 7. The second kappa shape index (κ2) is 8.86. The Balaban J connectivity index is 1.84. The first kappa shape index (κ1) is 21.8. The number of phenolic OH excluding ortho intramolecular Hbond substituents is 1. The maximum Gasteiger partial charge on any atom is 0.277 e. The Kier molecular flexibility index (Phi) is 6.45. The Bertz CT molecular complexity index is 1160. The highest BCUT2D eigenvalue weighted by molar-refractivity contribution is 7.89. The highest BCUT2D eigenvalue weighted by Crippen LogP contribution is 2.29. The van der Waals surface area contributed by atoms with Gasteiger partial charge in [0.2, 0.25) is 10.0 Å². The highest BCUT2D eigenvalue weighted by atomic mass is 35.5. The van der Waals surface area contributed by atoms with Crippen molar-refractivity contribution in [3.05, 3.63) is 59.2 Å². The smallest absolute Gasteiger partial charge is 0.277 e. The van der Waals surface area contributed by atoms with Crippen molar-refractivity contribution in [3.8, 4) is 17.1 Å². The van der Waals surface area contributed by atoms with Crippen molar-refractivity contribution >= 4 is 33.2 Å². The van der Waals surface area contributed by atoms with Gasteiger partial charge in [-0.1, -0.05) is 30.6 Å². The SMILES string of the molecule is CCN(CC)S(=O)(=O)c1ccc(O)c(NC(=O)c2cc(-c3ccc(Cl)cc3)on2)c1. The molecule has 0 fully saturated rings. The lowest BCUT2D eigenvalue weighted by Crippen LogP contribution is -2.30. The number of aromatic hydroxyl groups is 1. The van der Waals surface area contributed by atoms with Gasteiger partial charge >= 0.3 is 0 Å². The van der Waals surface area contributed by atoms with Gasteiger partial charge in [0.1, 0.15) is 5.75 Å². The van der Waals surface area contributed by atoms with Gasteiger partial charge in [-0.15, -0.1) is 0 Å². The van der Waals surface area contributed by atoms with E-state index in [9.17, 15) is 18.3 Å². The third-order valence-corrected chi connectivity index (χ3v) is 6.73. The van der Waals surface area contributed by atoms with Crippen LogP contribution < -0.4 is 5.32 Å². The zero-order valence-corrected chi connectivity index (χ0v) is 17.9. The number of aromatic nitrogens is 1. The first-order valence-corrected chi connectivity index (χ1v) is 10.9. The first-order chi connectivity index (χ1) is 14.3. The molecule has 0 radical (unpaired) electrons. The van der Waals surface area contributed by atoms with Crippen LogP contribution in [0.1, 0.15) is 24.3 Å². The zero-order chi connectivity index (χ0) is 21.9. The summed E-state index contributed by atoms with van der Waals surface area (Å²) in [6.45, 7) is 4.06. The fraction of sp³-hybridized carbons (Fsp3) is 0.200. The largest absolute Gasteiger partial charge is 0.506 e. The van der Waals surface area contributed by atoms with Gasteiger partial charge < -0.3 is 14.9 Å². The third-order valence-electron chi connectivity index (χ3n) is 4.43. The number of amides is 1. The molecule has 0 bridgehead atoms. The summed E-state index contributed by atoms with van der Waals surface area (Å²) in [5, 5.41) is 16.9. The van der Waals surface area contributed by atoms with Gasteiger partial charge in [-0.05, 0) is 42.5 Å². The molecule has 1 aromatic heterocycles. The Morgan fingerprint density at radius 2 is 1.80 bits per heavy atom. The topological polar surface area (TPSA) is 113 Å². The average Bonchev–Trinajstić information content (AvgIpc) is 3.21. The van der Waals surface area contributed by atoms with Crippen LogP contribution in [0.5, 0.6) is 5.75 Å². The molecule has 0 saturated heterocycles. The summed E-state index contributed by atoms with van der Waals surface area (Å²) >= 11 is 5.86. The first-order valence-electron chi connectivity index (χ1n) is 9.13. The van der Waals surface area contributed by atoms with E-state index in [1.807, 2.05) is 0 Å². The number of carbonyl (C=O) groups is 1. The van der Waals surface area contributed by atoms with Crippen LogP contribution in [0.4, 0.5) is 5.69 Å². The zero-order valence-electron chi connectivity index (χ0n) is 16.3. The maximum atomic E-state index is 12.7. The standard InChI is InChI=1S/C20H20ClN3O5S/c1-3-24(4-2)30(27,28)15-9-10-18(25)16(11-15)22-20(26)17-12-19(29-23-17)13-5-7-14(21)8-6-13/h5-12,25H,3-4H2,1-2H3,(H,22,26). The Hall–Kier alpha value is -2.88. The van der Waals surface area contributed by atoms with E-state index in [4.69, 9.17) is 16.1 Å². The van der Waals surface area contributed by atoms with Crippen LogP contribution in [-0.4, -0.2) is 42.0 Å². The van der Waals surface area contributed by atoms with Crippen molar-refractivity contribution in [1.82, 2.24) is 9.46 Å².